The highest BCUT2D eigenvalue weighted by Gasteiger charge is 2.10. The third-order valence-electron chi connectivity index (χ3n) is 3.54. The van der Waals surface area contributed by atoms with Crippen LogP contribution in [0.2, 0.25) is 5.02 Å². The summed E-state index contributed by atoms with van der Waals surface area (Å²) in [5.41, 5.74) is 0.883. The van der Waals surface area contributed by atoms with E-state index in [1.807, 2.05) is 25.9 Å². The van der Waals surface area contributed by atoms with Crippen LogP contribution in [0.15, 0.2) is 29.5 Å². The minimum absolute atomic E-state index is 0. The number of aliphatic imine (C=N–C) groups is 1. The van der Waals surface area contributed by atoms with Gasteiger partial charge in [0, 0.05) is 32.2 Å². The monoisotopic (exact) mass is 480 g/mol. The second-order valence-electron chi connectivity index (χ2n) is 5.38. The Balaban J connectivity index is 0.00000312. The van der Waals surface area contributed by atoms with Crippen molar-refractivity contribution in [1.29, 1.82) is 0 Å². The molecule has 9 heteroatoms. The summed E-state index contributed by atoms with van der Waals surface area (Å²) in [4.78, 5) is 10.8. The Morgan fingerprint density at radius 1 is 1.44 bits per heavy atom. The molecule has 0 aliphatic heterocycles. The number of hydrogen-bond donors (Lipinski definition) is 1. The van der Waals surface area contributed by atoms with Gasteiger partial charge in [-0.1, -0.05) is 17.7 Å². The highest BCUT2D eigenvalue weighted by Crippen LogP contribution is 2.17. The number of hydrogen-bond acceptors (Lipinski definition) is 3. The third kappa shape index (κ3) is 6.43. The fourth-order valence-corrected chi connectivity index (χ4v) is 2.49. The summed E-state index contributed by atoms with van der Waals surface area (Å²) in [6.45, 7) is 3.93. The van der Waals surface area contributed by atoms with E-state index in [2.05, 4.69) is 20.4 Å². The van der Waals surface area contributed by atoms with Gasteiger partial charge in [-0.25, -0.2) is 9.37 Å². The first-order valence-corrected chi connectivity index (χ1v) is 8.15. The first kappa shape index (κ1) is 21.6. The highest BCUT2D eigenvalue weighted by atomic mass is 127. The Hall–Kier alpha value is -1.42. The largest absolute Gasteiger partial charge is 0.357 e. The van der Waals surface area contributed by atoms with Gasteiger partial charge in [0.2, 0.25) is 0 Å². The number of aromatic nitrogens is 3. The Bertz CT molecular complexity index is 706. The van der Waals surface area contributed by atoms with Crippen molar-refractivity contribution < 1.29 is 4.39 Å². The Morgan fingerprint density at radius 2 is 2.20 bits per heavy atom. The smallest absolute Gasteiger partial charge is 0.194 e. The van der Waals surface area contributed by atoms with Crippen LogP contribution in [-0.4, -0.2) is 45.8 Å². The van der Waals surface area contributed by atoms with Gasteiger partial charge in [-0.15, -0.1) is 24.0 Å². The van der Waals surface area contributed by atoms with Crippen molar-refractivity contribution in [2.75, 3.05) is 20.1 Å². The van der Waals surface area contributed by atoms with Crippen LogP contribution in [0.3, 0.4) is 0 Å². The lowest BCUT2D eigenvalue weighted by molar-refractivity contribution is 0.449. The molecule has 1 aromatic heterocycles. The molecule has 138 valence electrons. The second-order valence-corrected chi connectivity index (χ2v) is 5.78. The van der Waals surface area contributed by atoms with E-state index in [0.29, 0.717) is 24.5 Å². The number of rotatable bonds is 6. The average Bonchev–Trinajstić information content (AvgIpc) is 2.93. The topological polar surface area (TPSA) is 58.3 Å². The first-order chi connectivity index (χ1) is 11.5. The summed E-state index contributed by atoms with van der Waals surface area (Å²) in [6, 6.07) is 4.44. The van der Waals surface area contributed by atoms with Gasteiger partial charge in [-0.2, -0.15) is 5.10 Å². The molecule has 0 amide bonds. The maximum atomic E-state index is 13.1. The lowest BCUT2D eigenvalue weighted by Crippen LogP contribution is -2.39. The Morgan fingerprint density at radius 3 is 2.80 bits per heavy atom. The van der Waals surface area contributed by atoms with E-state index in [1.54, 1.807) is 10.7 Å². The van der Waals surface area contributed by atoms with E-state index in [0.717, 1.165) is 23.9 Å². The minimum Gasteiger partial charge on any atom is -0.357 e. The van der Waals surface area contributed by atoms with Crippen molar-refractivity contribution in [3.8, 4) is 0 Å². The van der Waals surface area contributed by atoms with Crippen LogP contribution < -0.4 is 5.32 Å². The summed E-state index contributed by atoms with van der Waals surface area (Å²) in [7, 11) is 3.80. The zero-order chi connectivity index (χ0) is 17.5. The molecule has 0 aliphatic rings. The van der Waals surface area contributed by atoms with Crippen LogP contribution in [-0.2, 0) is 20.0 Å². The van der Waals surface area contributed by atoms with E-state index in [9.17, 15) is 4.39 Å². The predicted octanol–water partition coefficient (Wildman–Crippen LogP) is 2.87. The van der Waals surface area contributed by atoms with Crippen LogP contribution in [0.25, 0.3) is 0 Å². The molecule has 0 saturated carbocycles. The molecule has 0 fully saturated rings. The van der Waals surface area contributed by atoms with Crippen LogP contribution in [0, 0.1) is 5.82 Å². The van der Waals surface area contributed by atoms with Gasteiger partial charge in [-0.3, -0.25) is 9.67 Å². The lowest BCUT2D eigenvalue weighted by Gasteiger charge is -2.21. The molecule has 0 saturated heterocycles. The average molecular weight is 481 g/mol. The third-order valence-corrected chi connectivity index (χ3v) is 3.89. The van der Waals surface area contributed by atoms with Crippen molar-refractivity contribution >= 4 is 41.5 Å². The minimum atomic E-state index is -0.330. The van der Waals surface area contributed by atoms with Gasteiger partial charge < -0.3 is 10.2 Å². The molecule has 2 rings (SSSR count). The van der Waals surface area contributed by atoms with Crippen LogP contribution in [0.1, 0.15) is 18.3 Å². The molecule has 2 aromatic rings. The van der Waals surface area contributed by atoms with Gasteiger partial charge in [0.15, 0.2) is 5.96 Å². The summed E-state index contributed by atoms with van der Waals surface area (Å²) in [6.07, 6.45) is 2.18. The van der Waals surface area contributed by atoms with Crippen molar-refractivity contribution in [3.63, 3.8) is 0 Å². The summed E-state index contributed by atoms with van der Waals surface area (Å²) in [5.74, 6) is 1.30. The number of benzene rings is 1. The van der Waals surface area contributed by atoms with Crippen LogP contribution >= 0.6 is 35.6 Å². The van der Waals surface area contributed by atoms with Crippen LogP contribution in [0.5, 0.6) is 0 Å². The molecular weight excluding hydrogens is 458 g/mol. The van der Waals surface area contributed by atoms with Gasteiger partial charge >= 0.3 is 0 Å². The molecule has 1 N–H and O–H groups in total. The van der Waals surface area contributed by atoms with E-state index in [-0.39, 0.29) is 29.8 Å². The number of nitrogens with one attached hydrogen (secondary N) is 1. The SMILES string of the molecule is CCNC(=NCCc1ccc(F)cc1Cl)N(C)Cc1ncnn1C.I. The molecule has 0 unspecified atom stereocenters. The zero-order valence-electron chi connectivity index (χ0n) is 14.5. The molecule has 6 nitrogen and oxygen atoms in total. The molecule has 0 atom stereocenters. The van der Waals surface area contributed by atoms with Crippen molar-refractivity contribution in [2.24, 2.45) is 12.0 Å². The van der Waals surface area contributed by atoms with E-state index < -0.39 is 0 Å². The second kappa shape index (κ2) is 10.5. The Kier molecular flexibility index (Phi) is 9.12. The number of aryl methyl sites for hydroxylation is 1. The number of guanidine groups is 1. The standard InChI is InChI=1S/C16H22ClFN6.HI/c1-4-19-16(23(2)10-15-21-11-22-24(15)3)20-8-7-12-5-6-13(18)9-14(12)17;/h5-6,9,11H,4,7-8,10H2,1-3H3,(H,19,20);1H. The van der Waals surface area contributed by atoms with Crippen molar-refractivity contribution in [2.45, 2.75) is 19.9 Å². The fraction of sp³-hybridized carbons (Fsp3) is 0.438. The molecule has 0 radical (unpaired) electrons. The molecule has 1 aromatic carbocycles. The summed E-state index contributed by atoms with van der Waals surface area (Å²) in [5, 5.41) is 7.75. The maximum absolute atomic E-state index is 13.1. The van der Waals surface area contributed by atoms with E-state index in [4.69, 9.17) is 11.6 Å². The molecule has 0 bridgehead atoms. The van der Waals surface area contributed by atoms with Crippen molar-refractivity contribution in [1.82, 2.24) is 25.0 Å². The summed E-state index contributed by atoms with van der Waals surface area (Å²) < 4.78 is 14.8. The fourth-order valence-electron chi connectivity index (χ4n) is 2.23. The van der Waals surface area contributed by atoms with Crippen molar-refractivity contribution in [3.05, 3.63) is 46.8 Å². The highest BCUT2D eigenvalue weighted by molar-refractivity contribution is 14.0. The maximum Gasteiger partial charge on any atom is 0.194 e. The van der Waals surface area contributed by atoms with Gasteiger partial charge in [0.25, 0.3) is 0 Å². The van der Waals surface area contributed by atoms with Gasteiger partial charge in [0.05, 0.1) is 6.54 Å². The quantitative estimate of drug-likeness (QED) is 0.392. The van der Waals surface area contributed by atoms with Gasteiger partial charge in [0.1, 0.15) is 18.0 Å². The van der Waals surface area contributed by atoms with Crippen LogP contribution in [0.4, 0.5) is 4.39 Å². The number of nitrogens with zero attached hydrogens (tertiary/aromatic N) is 5. The first-order valence-electron chi connectivity index (χ1n) is 7.77. The zero-order valence-corrected chi connectivity index (χ0v) is 17.6. The number of halogens is 3. The molecular formula is C16H23ClFIN6. The molecule has 1 heterocycles. The van der Waals surface area contributed by atoms with E-state index >= 15 is 0 Å². The summed E-state index contributed by atoms with van der Waals surface area (Å²) >= 11 is 6.05. The molecule has 0 spiro atoms. The van der Waals surface area contributed by atoms with E-state index in [1.165, 1.54) is 18.5 Å². The predicted molar refractivity (Wildman–Crippen MR) is 109 cm³/mol. The van der Waals surface area contributed by atoms with Gasteiger partial charge in [-0.05, 0) is 31.0 Å². The normalized spacial score (nSPS) is 11.2. The Labute approximate surface area is 169 Å². The molecule has 0 aliphatic carbocycles. The lowest BCUT2D eigenvalue weighted by atomic mass is 10.1. The molecule has 25 heavy (non-hydrogen) atoms.